The first-order valence-corrected chi connectivity index (χ1v) is 11.5. The second kappa shape index (κ2) is 16.5. The van der Waals surface area contributed by atoms with Crippen LogP contribution in [0.3, 0.4) is 0 Å². The van der Waals surface area contributed by atoms with Gasteiger partial charge in [-0.15, -0.1) is 0 Å². The van der Waals surface area contributed by atoms with Crippen LogP contribution < -0.4 is 16.4 Å². The number of likely N-dealkylation sites (N-methyl/N-ethyl adjacent to an activating group) is 1. The van der Waals surface area contributed by atoms with Crippen molar-refractivity contribution in [3.63, 3.8) is 0 Å². The average Bonchev–Trinajstić information content (AvgIpc) is 2.75. The molecule has 0 aliphatic carbocycles. The molecule has 2 unspecified atom stereocenters. The Bertz CT molecular complexity index is 628. The van der Waals surface area contributed by atoms with Crippen molar-refractivity contribution in [3.05, 3.63) is 23.3 Å². The second-order valence-electron chi connectivity index (χ2n) is 8.35. The Morgan fingerprint density at radius 2 is 1.81 bits per heavy atom. The Morgan fingerprint density at radius 1 is 1.13 bits per heavy atom. The lowest BCUT2D eigenvalue weighted by molar-refractivity contribution is -0.135. The average molecular weight is 437 g/mol. The standard InChI is InChI=1S/C24H44N4O3/c1-7-18(3)16-19(4)12-11-13-20(5)23(30)26-17-22(29)27-21(14-9-10-15-25)24(31)28(6)8-2/h7,13,19,21H,8-12,14-17,25H2,1-6H3,(H,26,30)(H,27,29)/b18-7+,20-13+. The molecular weight excluding hydrogens is 392 g/mol. The van der Waals surface area contributed by atoms with Gasteiger partial charge in [0.25, 0.3) is 0 Å². The molecule has 0 saturated heterocycles. The molecular formula is C24H44N4O3. The zero-order valence-corrected chi connectivity index (χ0v) is 20.4. The Labute approximate surface area is 188 Å². The van der Waals surface area contributed by atoms with Gasteiger partial charge in [0, 0.05) is 19.2 Å². The van der Waals surface area contributed by atoms with E-state index < -0.39 is 6.04 Å². The van der Waals surface area contributed by atoms with E-state index in [9.17, 15) is 14.4 Å². The summed E-state index contributed by atoms with van der Waals surface area (Å²) in [5.74, 6) is -0.196. The van der Waals surface area contributed by atoms with Crippen molar-refractivity contribution in [1.82, 2.24) is 15.5 Å². The van der Waals surface area contributed by atoms with Gasteiger partial charge >= 0.3 is 0 Å². The Kier molecular flexibility index (Phi) is 15.4. The van der Waals surface area contributed by atoms with E-state index in [2.05, 4.69) is 30.6 Å². The van der Waals surface area contributed by atoms with E-state index in [1.54, 1.807) is 18.9 Å². The van der Waals surface area contributed by atoms with Crippen molar-refractivity contribution < 1.29 is 14.4 Å². The van der Waals surface area contributed by atoms with E-state index in [1.165, 1.54) is 5.57 Å². The monoisotopic (exact) mass is 436 g/mol. The molecule has 4 N–H and O–H groups in total. The van der Waals surface area contributed by atoms with Gasteiger partial charge in [-0.05, 0) is 78.7 Å². The summed E-state index contributed by atoms with van der Waals surface area (Å²) in [6.07, 6.45) is 9.03. The third kappa shape index (κ3) is 13.0. The summed E-state index contributed by atoms with van der Waals surface area (Å²) in [4.78, 5) is 38.7. The molecule has 31 heavy (non-hydrogen) atoms. The molecule has 0 radical (unpaired) electrons. The molecule has 0 bridgehead atoms. The number of nitrogens with two attached hydrogens (primary N) is 1. The largest absolute Gasteiger partial charge is 0.344 e. The molecule has 0 rings (SSSR count). The first-order valence-electron chi connectivity index (χ1n) is 11.5. The minimum absolute atomic E-state index is 0.127. The molecule has 2 atom stereocenters. The highest BCUT2D eigenvalue weighted by atomic mass is 16.2. The topological polar surface area (TPSA) is 105 Å². The molecule has 0 spiro atoms. The third-order valence-corrected chi connectivity index (χ3v) is 5.47. The van der Waals surface area contributed by atoms with Crippen LogP contribution in [0.1, 0.15) is 73.1 Å². The number of nitrogens with one attached hydrogen (secondary N) is 2. The number of rotatable bonds is 15. The number of carbonyl (C=O) groups is 3. The van der Waals surface area contributed by atoms with E-state index in [-0.39, 0.29) is 24.3 Å². The minimum atomic E-state index is -0.598. The van der Waals surface area contributed by atoms with Crippen LogP contribution in [0.2, 0.25) is 0 Å². The van der Waals surface area contributed by atoms with Crippen molar-refractivity contribution in [1.29, 1.82) is 0 Å². The van der Waals surface area contributed by atoms with Crippen LogP contribution in [0.25, 0.3) is 0 Å². The maximum Gasteiger partial charge on any atom is 0.247 e. The summed E-state index contributed by atoms with van der Waals surface area (Å²) in [7, 11) is 1.71. The zero-order valence-electron chi connectivity index (χ0n) is 20.4. The van der Waals surface area contributed by atoms with Gasteiger partial charge in [-0.3, -0.25) is 14.4 Å². The molecule has 0 aliphatic rings. The number of amides is 3. The highest BCUT2D eigenvalue weighted by Gasteiger charge is 2.23. The Morgan fingerprint density at radius 3 is 2.39 bits per heavy atom. The summed E-state index contributed by atoms with van der Waals surface area (Å²) in [5.41, 5.74) is 7.51. The summed E-state index contributed by atoms with van der Waals surface area (Å²) in [5, 5.41) is 5.40. The Balaban J connectivity index is 4.57. The lowest BCUT2D eigenvalue weighted by atomic mass is 9.96. The lowest BCUT2D eigenvalue weighted by Gasteiger charge is -2.23. The summed E-state index contributed by atoms with van der Waals surface area (Å²) in [6.45, 7) is 11.0. The predicted molar refractivity (Wildman–Crippen MR) is 127 cm³/mol. The van der Waals surface area contributed by atoms with Gasteiger partial charge in [0.15, 0.2) is 0 Å². The summed E-state index contributed by atoms with van der Waals surface area (Å²) >= 11 is 0. The highest BCUT2D eigenvalue weighted by Crippen LogP contribution is 2.16. The van der Waals surface area contributed by atoms with E-state index >= 15 is 0 Å². The molecule has 0 aromatic carbocycles. The summed E-state index contributed by atoms with van der Waals surface area (Å²) in [6, 6.07) is -0.598. The van der Waals surface area contributed by atoms with Crippen molar-refractivity contribution in [2.75, 3.05) is 26.7 Å². The molecule has 0 fully saturated rings. The molecule has 178 valence electrons. The number of unbranched alkanes of at least 4 members (excludes halogenated alkanes) is 1. The number of hydrogen-bond acceptors (Lipinski definition) is 4. The Hall–Kier alpha value is -2.15. The third-order valence-electron chi connectivity index (χ3n) is 5.47. The second-order valence-corrected chi connectivity index (χ2v) is 8.35. The van der Waals surface area contributed by atoms with Crippen molar-refractivity contribution in [2.45, 2.75) is 79.2 Å². The molecule has 0 aromatic heterocycles. The molecule has 0 aromatic rings. The van der Waals surface area contributed by atoms with Crippen molar-refractivity contribution in [2.24, 2.45) is 11.7 Å². The van der Waals surface area contributed by atoms with Crippen molar-refractivity contribution >= 4 is 17.7 Å². The van der Waals surface area contributed by atoms with Crippen LogP contribution in [0, 0.1) is 5.92 Å². The van der Waals surface area contributed by atoms with Crippen LogP contribution >= 0.6 is 0 Å². The van der Waals surface area contributed by atoms with Gasteiger partial charge in [-0.1, -0.05) is 24.6 Å². The zero-order chi connectivity index (χ0) is 23.8. The molecule has 0 aliphatic heterocycles. The molecule has 0 saturated carbocycles. The minimum Gasteiger partial charge on any atom is -0.344 e. The van der Waals surface area contributed by atoms with Gasteiger partial charge < -0.3 is 21.3 Å². The first kappa shape index (κ1) is 28.9. The number of allylic oxidation sites excluding steroid dienone is 3. The highest BCUT2D eigenvalue weighted by molar-refractivity contribution is 5.96. The first-order chi connectivity index (χ1) is 14.7. The fourth-order valence-electron chi connectivity index (χ4n) is 3.16. The van der Waals surface area contributed by atoms with Crippen LogP contribution in [0.15, 0.2) is 23.3 Å². The van der Waals surface area contributed by atoms with Crippen molar-refractivity contribution in [3.8, 4) is 0 Å². The van der Waals surface area contributed by atoms with Gasteiger partial charge in [0.1, 0.15) is 6.04 Å². The van der Waals surface area contributed by atoms with E-state index in [4.69, 9.17) is 5.73 Å². The SMILES string of the molecule is C/C=C(\C)CC(C)CC/C=C(\C)C(=O)NCC(=O)NC(CCCCN)C(=O)N(C)CC. The normalized spacial score (nSPS) is 14.0. The fraction of sp³-hybridized carbons (Fsp3) is 0.708. The molecule has 0 heterocycles. The smallest absolute Gasteiger partial charge is 0.247 e. The molecule has 3 amide bonds. The number of carbonyl (C=O) groups excluding carboxylic acids is 3. The maximum atomic E-state index is 12.5. The van der Waals surface area contributed by atoms with Crippen LogP contribution in [-0.2, 0) is 14.4 Å². The van der Waals surface area contributed by atoms with Crippen LogP contribution in [0.4, 0.5) is 0 Å². The summed E-state index contributed by atoms with van der Waals surface area (Å²) < 4.78 is 0. The van der Waals surface area contributed by atoms with Gasteiger partial charge in [-0.2, -0.15) is 0 Å². The van der Waals surface area contributed by atoms with Gasteiger partial charge in [0.05, 0.1) is 6.54 Å². The fourth-order valence-corrected chi connectivity index (χ4v) is 3.16. The van der Waals surface area contributed by atoms with E-state index in [0.717, 1.165) is 32.1 Å². The lowest BCUT2D eigenvalue weighted by Crippen LogP contribution is -2.50. The number of nitrogens with zero attached hydrogens (tertiary/aromatic N) is 1. The van der Waals surface area contributed by atoms with Crippen LogP contribution in [-0.4, -0.2) is 55.3 Å². The molecule has 7 nitrogen and oxygen atoms in total. The van der Waals surface area contributed by atoms with Gasteiger partial charge in [0.2, 0.25) is 17.7 Å². The van der Waals surface area contributed by atoms with Crippen LogP contribution in [0.5, 0.6) is 0 Å². The van der Waals surface area contributed by atoms with Gasteiger partial charge in [-0.25, -0.2) is 0 Å². The maximum absolute atomic E-state index is 12.5. The quantitative estimate of drug-likeness (QED) is 0.208. The van der Waals surface area contributed by atoms with E-state index in [1.807, 2.05) is 19.9 Å². The molecule has 7 heteroatoms. The predicted octanol–water partition coefficient (Wildman–Crippen LogP) is 2.91. The van der Waals surface area contributed by atoms with E-state index in [0.29, 0.717) is 31.0 Å². The number of hydrogen-bond donors (Lipinski definition) is 3.